The summed E-state index contributed by atoms with van der Waals surface area (Å²) >= 11 is 0. The molecule has 0 amide bonds. The molecule has 0 spiro atoms. The van der Waals surface area contributed by atoms with Crippen molar-refractivity contribution in [3.05, 3.63) is 65.5 Å². The average Bonchev–Trinajstić information content (AvgIpc) is 2.96. The summed E-state index contributed by atoms with van der Waals surface area (Å²) in [7, 11) is 0. The Hall–Kier alpha value is -2.97. The molecule has 1 aromatic carbocycles. The van der Waals surface area contributed by atoms with Gasteiger partial charge in [0.05, 0.1) is 24.3 Å². The van der Waals surface area contributed by atoms with E-state index >= 15 is 0 Å². The third kappa shape index (κ3) is 4.11. The zero-order valence-electron chi connectivity index (χ0n) is 13.0. The highest BCUT2D eigenvalue weighted by Crippen LogP contribution is 2.25. The Morgan fingerprint density at radius 2 is 1.80 bits per heavy atom. The lowest BCUT2D eigenvalue weighted by molar-refractivity contribution is -0.274. The second kappa shape index (κ2) is 6.50. The molecule has 0 atom stereocenters. The van der Waals surface area contributed by atoms with Crippen molar-refractivity contribution in [1.29, 1.82) is 0 Å². The van der Waals surface area contributed by atoms with Crippen LogP contribution in [0.1, 0.15) is 16.8 Å². The maximum Gasteiger partial charge on any atom is 0.573 e. The molecule has 0 aliphatic rings. The minimum Gasteiger partial charge on any atom is -0.406 e. The maximum atomic E-state index is 14.2. The molecule has 3 aromatic rings. The normalized spacial score (nSPS) is 11.6. The number of pyridine rings is 1. The van der Waals surface area contributed by atoms with E-state index in [2.05, 4.69) is 19.9 Å². The Morgan fingerprint density at radius 3 is 2.40 bits per heavy atom. The molecule has 0 fully saturated rings. The summed E-state index contributed by atoms with van der Waals surface area (Å²) in [6.45, 7) is 1.75. The zero-order valence-corrected chi connectivity index (χ0v) is 13.0. The SMILES string of the molecule is Cc1cnn(-c2cncc(F)c2Cc2ccc(OC(F)(F)F)cc2)n1. The highest BCUT2D eigenvalue weighted by atomic mass is 19.4. The van der Waals surface area contributed by atoms with E-state index in [0.29, 0.717) is 16.9 Å². The Labute approximate surface area is 139 Å². The summed E-state index contributed by atoms with van der Waals surface area (Å²) in [5.41, 5.74) is 1.91. The number of halogens is 4. The van der Waals surface area contributed by atoms with Crippen molar-refractivity contribution in [1.82, 2.24) is 20.0 Å². The number of benzene rings is 1. The second-order valence-corrected chi connectivity index (χ2v) is 5.26. The smallest absolute Gasteiger partial charge is 0.406 e. The number of hydrogen-bond acceptors (Lipinski definition) is 4. The van der Waals surface area contributed by atoms with Crippen LogP contribution in [0.3, 0.4) is 0 Å². The zero-order chi connectivity index (χ0) is 18.0. The third-order valence-electron chi connectivity index (χ3n) is 3.34. The number of nitrogens with zero attached hydrogens (tertiary/aromatic N) is 4. The molecule has 0 aliphatic carbocycles. The summed E-state index contributed by atoms with van der Waals surface area (Å²) in [5.74, 6) is -0.890. The molecule has 0 saturated heterocycles. The molecule has 3 rings (SSSR count). The van der Waals surface area contributed by atoms with E-state index in [1.165, 1.54) is 41.5 Å². The first-order valence-corrected chi connectivity index (χ1v) is 7.18. The number of rotatable bonds is 4. The van der Waals surface area contributed by atoms with Gasteiger partial charge in [0.1, 0.15) is 17.3 Å². The van der Waals surface area contributed by atoms with Gasteiger partial charge in [0.25, 0.3) is 0 Å². The molecule has 0 unspecified atom stereocenters. The molecule has 2 heterocycles. The third-order valence-corrected chi connectivity index (χ3v) is 3.34. The molecular weight excluding hydrogens is 340 g/mol. The van der Waals surface area contributed by atoms with E-state index in [0.717, 1.165) is 6.20 Å². The first-order chi connectivity index (χ1) is 11.8. The van der Waals surface area contributed by atoms with Crippen LogP contribution < -0.4 is 4.74 Å². The van der Waals surface area contributed by atoms with Gasteiger partial charge in [-0.25, -0.2) is 4.39 Å². The fourth-order valence-electron chi connectivity index (χ4n) is 2.27. The molecule has 0 saturated carbocycles. The molecule has 5 nitrogen and oxygen atoms in total. The molecule has 0 N–H and O–H groups in total. The Kier molecular flexibility index (Phi) is 4.39. The average molecular weight is 352 g/mol. The minimum absolute atomic E-state index is 0.135. The lowest BCUT2D eigenvalue weighted by Gasteiger charge is -2.11. The topological polar surface area (TPSA) is 52.8 Å². The fraction of sp³-hybridized carbons (Fsp3) is 0.188. The lowest BCUT2D eigenvalue weighted by Crippen LogP contribution is -2.17. The van der Waals surface area contributed by atoms with Gasteiger partial charge < -0.3 is 4.74 Å². The summed E-state index contributed by atoms with van der Waals surface area (Å²) in [6.07, 6.45) is -0.598. The molecule has 0 bridgehead atoms. The van der Waals surface area contributed by atoms with E-state index in [4.69, 9.17) is 0 Å². The molecule has 25 heavy (non-hydrogen) atoms. The Morgan fingerprint density at radius 1 is 1.08 bits per heavy atom. The van der Waals surface area contributed by atoms with Crippen molar-refractivity contribution in [3.63, 3.8) is 0 Å². The van der Waals surface area contributed by atoms with Crippen molar-refractivity contribution in [2.75, 3.05) is 0 Å². The molecular formula is C16H12F4N4O. The van der Waals surface area contributed by atoms with E-state index in [-0.39, 0.29) is 17.7 Å². The molecule has 0 radical (unpaired) electrons. The van der Waals surface area contributed by atoms with Gasteiger partial charge in [0.2, 0.25) is 0 Å². The predicted octanol–water partition coefficient (Wildman–Crippen LogP) is 3.60. The minimum atomic E-state index is -4.75. The van der Waals surface area contributed by atoms with Crippen molar-refractivity contribution in [3.8, 4) is 11.4 Å². The first-order valence-electron chi connectivity index (χ1n) is 7.18. The van der Waals surface area contributed by atoms with Gasteiger partial charge >= 0.3 is 6.36 Å². The van der Waals surface area contributed by atoms with E-state index < -0.39 is 12.2 Å². The van der Waals surface area contributed by atoms with Crippen molar-refractivity contribution < 1.29 is 22.3 Å². The van der Waals surface area contributed by atoms with Gasteiger partial charge in [-0.1, -0.05) is 12.1 Å². The highest BCUT2D eigenvalue weighted by molar-refractivity contribution is 5.41. The largest absolute Gasteiger partial charge is 0.573 e. The van der Waals surface area contributed by atoms with E-state index in [1.807, 2.05) is 0 Å². The number of aryl methyl sites for hydroxylation is 1. The number of ether oxygens (including phenoxy) is 1. The standard InChI is InChI=1S/C16H12F4N4O/c1-10-7-22-24(23-10)15-9-21-8-14(17)13(15)6-11-2-4-12(5-3-11)25-16(18,19)20/h2-5,7-9H,6H2,1H3. The van der Waals surface area contributed by atoms with Crippen LogP contribution in [0.25, 0.3) is 5.69 Å². The molecule has 2 aromatic heterocycles. The molecule has 130 valence electrons. The van der Waals surface area contributed by atoms with Gasteiger partial charge in [-0.2, -0.15) is 10.2 Å². The van der Waals surface area contributed by atoms with Crippen molar-refractivity contribution >= 4 is 0 Å². The molecule has 9 heteroatoms. The summed E-state index contributed by atoms with van der Waals surface area (Å²) in [4.78, 5) is 5.07. The number of alkyl halides is 3. The van der Waals surface area contributed by atoms with E-state index in [1.54, 1.807) is 6.92 Å². The van der Waals surface area contributed by atoms with Gasteiger partial charge in [0, 0.05) is 12.0 Å². The van der Waals surface area contributed by atoms with Crippen LogP contribution in [-0.2, 0) is 6.42 Å². The maximum absolute atomic E-state index is 14.2. The number of hydrogen-bond donors (Lipinski definition) is 0. The van der Waals surface area contributed by atoms with Crippen LogP contribution >= 0.6 is 0 Å². The van der Waals surface area contributed by atoms with Crippen LogP contribution in [0.2, 0.25) is 0 Å². The van der Waals surface area contributed by atoms with Crippen molar-refractivity contribution in [2.45, 2.75) is 19.7 Å². The second-order valence-electron chi connectivity index (χ2n) is 5.26. The van der Waals surface area contributed by atoms with Crippen LogP contribution in [0, 0.1) is 12.7 Å². The summed E-state index contributed by atoms with van der Waals surface area (Å²) in [5, 5.41) is 8.17. The Bertz CT molecular complexity index is 875. The fourth-order valence-corrected chi connectivity index (χ4v) is 2.27. The van der Waals surface area contributed by atoms with Crippen LogP contribution in [-0.4, -0.2) is 26.3 Å². The van der Waals surface area contributed by atoms with Gasteiger partial charge in [0.15, 0.2) is 0 Å². The first kappa shape index (κ1) is 16.9. The van der Waals surface area contributed by atoms with Gasteiger partial charge in [-0.05, 0) is 24.6 Å². The lowest BCUT2D eigenvalue weighted by atomic mass is 10.0. The van der Waals surface area contributed by atoms with Crippen molar-refractivity contribution in [2.24, 2.45) is 0 Å². The summed E-state index contributed by atoms with van der Waals surface area (Å²) < 4.78 is 54.6. The highest BCUT2D eigenvalue weighted by Gasteiger charge is 2.31. The van der Waals surface area contributed by atoms with Gasteiger partial charge in [-0.3, -0.25) is 4.98 Å². The monoisotopic (exact) mass is 352 g/mol. The Balaban J connectivity index is 1.88. The quantitative estimate of drug-likeness (QED) is 0.674. The summed E-state index contributed by atoms with van der Waals surface area (Å²) in [6, 6.07) is 5.23. The molecule has 0 aliphatic heterocycles. The van der Waals surface area contributed by atoms with E-state index in [9.17, 15) is 17.6 Å². The van der Waals surface area contributed by atoms with Crippen LogP contribution in [0.4, 0.5) is 17.6 Å². The van der Waals surface area contributed by atoms with Gasteiger partial charge in [-0.15, -0.1) is 18.0 Å². The predicted molar refractivity (Wildman–Crippen MR) is 79.8 cm³/mol. The number of aromatic nitrogens is 4. The van der Waals surface area contributed by atoms with Crippen LogP contribution in [0.5, 0.6) is 5.75 Å². The van der Waals surface area contributed by atoms with Crippen LogP contribution in [0.15, 0.2) is 42.9 Å².